The van der Waals surface area contributed by atoms with Crippen LogP contribution in [0.5, 0.6) is 0 Å². The van der Waals surface area contributed by atoms with Crippen molar-refractivity contribution in [3.05, 3.63) is 48.0 Å². The summed E-state index contributed by atoms with van der Waals surface area (Å²) in [5, 5.41) is 2.32. The van der Waals surface area contributed by atoms with Gasteiger partial charge in [-0.25, -0.2) is 4.79 Å². The van der Waals surface area contributed by atoms with E-state index in [9.17, 15) is 9.59 Å². The Kier molecular flexibility index (Phi) is 3.96. The van der Waals surface area contributed by atoms with E-state index in [1.54, 1.807) is 9.80 Å². The minimum Gasteiger partial charge on any atom is -0.351 e. The van der Waals surface area contributed by atoms with E-state index in [-0.39, 0.29) is 5.91 Å². The topological polar surface area (TPSA) is 66.6 Å². The maximum absolute atomic E-state index is 12.4. The minimum absolute atomic E-state index is 0.0967. The van der Waals surface area contributed by atoms with Gasteiger partial charge in [-0.3, -0.25) is 4.79 Å². The highest BCUT2D eigenvalue weighted by Gasteiger charge is 2.22. The first-order chi connectivity index (χ1) is 10.6. The van der Waals surface area contributed by atoms with Crippen molar-refractivity contribution in [3.63, 3.8) is 0 Å². The maximum Gasteiger partial charge on any atom is 0.314 e. The smallest absolute Gasteiger partial charge is 0.314 e. The van der Waals surface area contributed by atoms with Crippen LogP contribution in [0.1, 0.15) is 5.56 Å². The van der Waals surface area contributed by atoms with Gasteiger partial charge < -0.3 is 15.5 Å². The Morgan fingerprint density at radius 2 is 1.55 bits per heavy atom. The molecule has 1 saturated heterocycles. The second kappa shape index (κ2) is 6.05. The number of carbonyl (C=O) groups is 2. The lowest BCUT2D eigenvalue weighted by molar-refractivity contribution is -0.131. The van der Waals surface area contributed by atoms with E-state index in [0.29, 0.717) is 32.6 Å². The first-order valence-electron chi connectivity index (χ1n) is 7.43. The lowest BCUT2D eigenvalue weighted by atomic mass is 10.0. The average molecular weight is 297 g/mol. The highest BCUT2D eigenvalue weighted by molar-refractivity contribution is 5.85. The molecular formula is C17H19N3O2. The Hall–Kier alpha value is -2.56. The van der Waals surface area contributed by atoms with Crippen LogP contribution in [0.25, 0.3) is 10.8 Å². The van der Waals surface area contributed by atoms with Gasteiger partial charge >= 0.3 is 6.03 Å². The van der Waals surface area contributed by atoms with Crippen molar-refractivity contribution in [2.24, 2.45) is 5.73 Å². The van der Waals surface area contributed by atoms with Crippen molar-refractivity contribution >= 4 is 22.7 Å². The second-order valence-corrected chi connectivity index (χ2v) is 5.56. The fourth-order valence-electron chi connectivity index (χ4n) is 2.81. The summed E-state index contributed by atoms with van der Waals surface area (Å²) < 4.78 is 0. The predicted molar refractivity (Wildman–Crippen MR) is 85.4 cm³/mol. The summed E-state index contributed by atoms with van der Waals surface area (Å²) >= 11 is 0. The number of piperazine rings is 1. The van der Waals surface area contributed by atoms with E-state index in [1.807, 2.05) is 24.3 Å². The lowest BCUT2D eigenvalue weighted by Crippen LogP contribution is -2.52. The van der Waals surface area contributed by atoms with Gasteiger partial charge in [-0.15, -0.1) is 0 Å². The van der Waals surface area contributed by atoms with Crippen LogP contribution in [-0.2, 0) is 11.2 Å². The molecule has 1 fully saturated rings. The van der Waals surface area contributed by atoms with E-state index in [2.05, 4.69) is 18.2 Å². The zero-order valence-electron chi connectivity index (χ0n) is 12.4. The second-order valence-electron chi connectivity index (χ2n) is 5.56. The zero-order chi connectivity index (χ0) is 15.5. The SMILES string of the molecule is NC(=O)N1CCN(C(=O)Cc2ccc3ccccc3c2)CC1. The van der Waals surface area contributed by atoms with Crippen molar-refractivity contribution < 1.29 is 9.59 Å². The molecule has 3 amide bonds. The third-order valence-electron chi connectivity index (χ3n) is 4.11. The van der Waals surface area contributed by atoms with Crippen LogP contribution in [-0.4, -0.2) is 47.9 Å². The van der Waals surface area contributed by atoms with Crippen LogP contribution in [0.3, 0.4) is 0 Å². The van der Waals surface area contributed by atoms with Gasteiger partial charge in [0.1, 0.15) is 0 Å². The van der Waals surface area contributed by atoms with Gasteiger partial charge in [-0.1, -0.05) is 42.5 Å². The number of amides is 3. The number of hydrogen-bond donors (Lipinski definition) is 1. The molecule has 5 nitrogen and oxygen atoms in total. The van der Waals surface area contributed by atoms with Crippen LogP contribution in [0.4, 0.5) is 4.79 Å². The molecule has 114 valence electrons. The number of primary amides is 1. The van der Waals surface area contributed by atoms with Crippen LogP contribution in [0.15, 0.2) is 42.5 Å². The van der Waals surface area contributed by atoms with Gasteiger partial charge in [0.05, 0.1) is 6.42 Å². The highest BCUT2D eigenvalue weighted by Crippen LogP contribution is 2.16. The number of carbonyl (C=O) groups excluding carboxylic acids is 2. The molecule has 5 heteroatoms. The molecule has 1 heterocycles. The van der Waals surface area contributed by atoms with E-state index in [1.165, 1.54) is 5.39 Å². The van der Waals surface area contributed by atoms with Crippen molar-refractivity contribution in [1.82, 2.24) is 9.80 Å². The summed E-state index contributed by atoms with van der Waals surface area (Å²) in [5.41, 5.74) is 6.26. The molecule has 0 saturated carbocycles. The Bertz CT molecular complexity index is 706. The Morgan fingerprint density at radius 1 is 0.909 bits per heavy atom. The molecule has 1 aliphatic heterocycles. The quantitative estimate of drug-likeness (QED) is 0.915. The number of benzene rings is 2. The number of urea groups is 1. The summed E-state index contributed by atoms with van der Waals surface area (Å²) in [6, 6.07) is 13.8. The van der Waals surface area contributed by atoms with E-state index < -0.39 is 6.03 Å². The Balaban J connectivity index is 1.65. The van der Waals surface area contributed by atoms with Gasteiger partial charge in [0.15, 0.2) is 0 Å². The number of hydrogen-bond acceptors (Lipinski definition) is 2. The van der Waals surface area contributed by atoms with E-state index in [0.717, 1.165) is 10.9 Å². The number of nitrogens with zero attached hydrogens (tertiary/aromatic N) is 2. The highest BCUT2D eigenvalue weighted by atomic mass is 16.2. The monoisotopic (exact) mass is 297 g/mol. The molecule has 0 atom stereocenters. The molecule has 0 bridgehead atoms. The third kappa shape index (κ3) is 3.03. The van der Waals surface area contributed by atoms with Crippen molar-refractivity contribution in [3.8, 4) is 0 Å². The van der Waals surface area contributed by atoms with E-state index >= 15 is 0 Å². The lowest BCUT2D eigenvalue weighted by Gasteiger charge is -2.33. The maximum atomic E-state index is 12.4. The summed E-state index contributed by atoms with van der Waals surface area (Å²) in [6.07, 6.45) is 0.390. The van der Waals surface area contributed by atoms with Crippen LogP contribution in [0.2, 0.25) is 0 Å². The van der Waals surface area contributed by atoms with Crippen LogP contribution >= 0.6 is 0 Å². The molecular weight excluding hydrogens is 278 g/mol. The summed E-state index contributed by atoms with van der Waals surface area (Å²) in [4.78, 5) is 26.8. The first kappa shape index (κ1) is 14.4. The molecule has 22 heavy (non-hydrogen) atoms. The molecule has 3 rings (SSSR count). The molecule has 0 radical (unpaired) electrons. The van der Waals surface area contributed by atoms with Crippen molar-refractivity contribution in [1.29, 1.82) is 0 Å². The summed E-state index contributed by atoms with van der Waals surface area (Å²) in [5.74, 6) is 0.0967. The molecule has 2 aromatic carbocycles. The number of nitrogens with two attached hydrogens (primary N) is 1. The summed E-state index contributed by atoms with van der Waals surface area (Å²) in [7, 11) is 0. The number of rotatable bonds is 2. The zero-order valence-corrected chi connectivity index (χ0v) is 12.4. The fourth-order valence-corrected chi connectivity index (χ4v) is 2.81. The van der Waals surface area contributed by atoms with Crippen LogP contribution < -0.4 is 5.73 Å². The molecule has 2 N–H and O–H groups in total. The standard InChI is InChI=1S/C17H19N3O2/c18-17(22)20-9-7-19(8-10-20)16(21)12-13-5-6-14-3-1-2-4-15(14)11-13/h1-6,11H,7-10,12H2,(H2,18,22). The predicted octanol–water partition coefficient (Wildman–Crippen LogP) is 1.61. The van der Waals surface area contributed by atoms with Gasteiger partial charge in [0.25, 0.3) is 0 Å². The number of fused-ring (bicyclic) bond motifs is 1. The molecule has 0 aliphatic carbocycles. The summed E-state index contributed by atoms with van der Waals surface area (Å²) in [6.45, 7) is 2.13. The van der Waals surface area contributed by atoms with E-state index in [4.69, 9.17) is 5.73 Å². The average Bonchev–Trinajstić information content (AvgIpc) is 2.55. The normalized spacial score (nSPS) is 15.1. The van der Waals surface area contributed by atoms with Gasteiger partial charge in [-0.2, -0.15) is 0 Å². The van der Waals surface area contributed by atoms with Crippen molar-refractivity contribution in [2.75, 3.05) is 26.2 Å². The molecule has 1 aliphatic rings. The van der Waals surface area contributed by atoms with Gasteiger partial charge in [-0.05, 0) is 16.3 Å². The van der Waals surface area contributed by atoms with Gasteiger partial charge in [0, 0.05) is 26.2 Å². The minimum atomic E-state index is -0.415. The van der Waals surface area contributed by atoms with Crippen molar-refractivity contribution in [2.45, 2.75) is 6.42 Å². The molecule has 0 unspecified atom stereocenters. The third-order valence-corrected chi connectivity index (χ3v) is 4.11. The van der Waals surface area contributed by atoms with Gasteiger partial charge in [0.2, 0.25) is 5.91 Å². The largest absolute Gasteiger partial charge is 0.351 e. The molecule has 0 spiro atoms. The molecule has 0 aromatic heterocycles. The first-order valence-corrected chi connectivity index (χ1v) is 7.43. The Morgan fingerprint density at radius 3 is 2.23 bits per heavy atom. The fraction of sp³-hybridized carbons (Fsp3) is 0.294. The van der Waals surface area contributed by atoms with Crippen LogP contribution in [0, 0.1) is 0 Å². The Labute approximate surface area is 129 Å². The molecule has 2 aromatic rings.